The quantitative estimate of drug-likeness (QED) is 0.473. The third kappa shape index (κ3) is 0.999. The number of carbonyl (C=O) groups excluding carboxylic acids is 1. The Morgan fingerprint density at radius 3 is 2.50 bits per heavy atom. The van der Waals surface area contributed by atoms with Gasteiger partial charge in [0.2, 0.25) is 0 Å². The molecular formula is C12H18O2. The highest BCUT2D eigenvalue weighted by Crippen LogP contribution is 2.64. The van der Waals surface area contributed by atoms with E-state index in [2.05, 4.69) is 32.9 Å². The molecule has 0 radical (unpaired) electrons. The van der Waals surface area contributed by atoms with E-state index < -0.39 is 0 Å². The van der Waals surface area contributed by atoms with Crippen molar-refractivity contribution in [3.05, 3.63) is 12.2 Å². The molecule has 0 heterocycles. The van der Waals surface area contributed by atoms with E-state index >= 15 is 0 Å². The van der Waals surface area contributed by atoms with Gasteiger partial charge < -0.3 is 4.74 Å². The van der Waals surface area contributed by atoms with Crippen molar-refractivity contribution in [1.29, 1.82) is 0 Å². The number of methoxy groups -OCH3 is 1. The van der Waals surface area contributed by atoms with Crippen LogP contribution < -0.4 is 0 Å². The molecule has 2 heteroatoms. The highest BCUT2D eigenvalue weighted by Gasteiger charge is 2.61. The molecule has 78 valence electrons. The number of carbonyl (C=O) groups is 1. The Balaban J connectivity index is 2.20. The fourth-order valence-corrected chi connectivity index (χ4v) is 3.17. The smallest absolute Gasteiger partial charge is 0.309 e. The molecule has 0 aliphatic heterocycles. The fourth-order valence-electron chi connectivity index (χ4n) is 3.17. The molecule has 1 fully saturated rings. The standard InChI is InChI=1S/C12H18O2/c1-11(2)5-6-12(3)8(7-9(11)12)10(13)14-4/h5-6,8-9H,7H2,1-4H3/t8-,9+,12+/m0/s1. The second-order valence-electron chi connectivity index (χ2n) is 5.38. The highest BCUT2D eigenvalue weighted by atomic mass is 16.5. The van der Waals surface area contributed by atoms with Crippen molar-refractivity contribution in [1.82, 2.24) is 0 Å². The van der Waals surface area contributed by atoms with E-state index in [4.69, 9.17) is 4.74 Å². The zero-order valence-electron chi connectivity index (χ0n) is 9.33. The Labute approximate surface area is 85.3 Å². The first-order valence-electron chi connectivity index (χ1n) is 5.20. The molecule has 2 nitrogen and oxygen atoms in total. The highest BCUT2D eigenvalue weighted by molar-refractivity contribution is 5.75. The van der Waals surface area contributed by atoms with Gasteiger partial charge in [0.05, 0.1) is 13.0 Å². The second kappa shape index (κ2) is 2.62. The summed E-state index contributed by atoms with van der Waals surface area (Å²) in [5.41, 5.74) is 0.301. The number of allylic oxidation sites excluding steroid dienone is 2. The van der Waals surface area contributed by atoms with E-state index in [0.717, 1.165) is 6.42 Å². The molecule has 0 aromatic carbocycles. The Kier molecular flexibility index (Phi) is 1.82. The van der Waals surface area contributed by atoms with Crippen molar-refractivity contribution in [2.75, 3.05) is 7.11 Å². The third-order valence-corrected chi connectivity index (χ3v) is 4.23. The van der Waals surface area contributed by atoms with Gasteiger partial charge in [0.25, 0.3) is 0 Å². The van der Waals surface area contributed by atoms with Crippen LogP contribution in [0.5, 0.6) is 0 Å². The van der Waals surface area contributed by atoms with Crippen LogP contribution in [0.2, 0.25) is 0 Å². The Morgan fingerprint density at radius 1 is 1.36 bits per heavy atom. The summed E-state index contributed by atoms with van der Waals surface area (Å²) in [7, 11) is 1.48. The summed E-state index contributed by atoms with van der Waals surface area (Å²) in [5, 5.41) is 0. The summed E-state index contributed by atoms with van der Waals surface area (Å²) in [6.45, 7) is 6.66. The maximum absolute atomic E-state index is 11.5. The number of rotatable bonds is 1. The first-order valence-corrected chi connectivity index (χ1v) is 5.20. The lowest BCUT2D eigenvalue weighted by Gasteiger charge is -2.52. The molecule has 0 bridgehead atoms. The minimum atomic E-state index is -0.0499. The minimum absolute atomic E-state index is 0.0499. The Morgan fingerprint density at radius 2 is 2.00 bits per heavy atom. The predicted molar refractivity (Wildman–Crippen MR) is 54.6 cm³/mol. The van der Waals surface area contributed by atoms with Gasteiger partial charge in [0, 0.05) is 5.41 Å². The predicted octanol–water partition coefficient (Wildman–Crippen LogP) is 2.40. The number of ether oxygens (including phenoxy) is 1. The van der Waals surface area contributed by atoms with Gasteiger partial charge in [-0.2, -0.15) is 0 Å². The molecule has 0 saturated heterocycles. The normalized spacial score (nSPS) is 42.9. The maximum Gasteiger partial charge on any atom is 0.309 e. The van der Waals surface area contributed by atoms with Gasteiger partial charge in [-0.15, -0.1) is 0 Å². The Bertz CT molecular complexity index is 303. The lowest BCUT2D eigenvalue weighted by Crippen LogP contribution is -2.51. The molecule has 0 amide bonds. The number of esters is 1. The first-order chi connectivity index (χ1) is 6.42. The Hall–Kier alpha value is -0.790. The number of fused-ring (bicyclic) bond motifs is 1. The van der Waals surface area contributed by atoms with E-state index in [9.17, 15) is 4.79 Å². The van der Waals surface area contributed by atoms with Crippen molar-refractivity contribution < 1.29 is 9.53 Å². The lowest BCUT2D eigenvalue weighted by atomic mass is 9.51. The second-order valence-corrected chi connectivity index (χ2v) is 5.38. The zero-order valence-corrected chi connectivity index (χ0v) is 9.33. The van der Waals surface area contributed by atoms with Crippen LogP contribution in [0.15, 0.2) is 12.2 Å². The first kappa shape index (κ1) is 9.75. The summed E-state index contributed by atoms with van der Waals surface area (Å²) in [4.78, 5) is 11.5. The number of hydrogen-bond acceptors (Lipinski definition) is 2. The third-order valence-electron chi connectivity index (χ3n) is 4.23. The molecule has 0 N–H and O–H groups in total. The molecule has 0 unspecified atom stereocenters. The van der Waals surface area contributed by atoms with Crippen molar-refractivity contribution >= 4 is 5.97 Å². The van der Waals surface area contributed by atoms with E-state index in [-0.39, 0.29) is 22.7 Å². The van der Waals surface area contributed by atoms with Gasteiger partial charge >= 0.3 is 5.97 Å². The van der Waals surface area contributed by atoms with Crippen LogP contribution >= 0.6 is 0 Å². The molecule has 2 aliphatic rings. The van der Waals surface area contributed by atoms with Crippen LogP contribution in [0.4, 0.5) is 0 Å². The summed E-state index contributed by atoms with van der Waals surface area (Å²) in [6, 6.07) is 0. The van der Waals surface area contributed by atoms with Gasteiger partial charge in [-0.25, -0.2) is 0 Å². The largest absolute Gasteiger partial charge is 0.469 e. The molecule has 1 saturated carbocycles. The van der Waals surface area contributed by atoms with Crippen molar-refractivity contribution in [2.45, 2.75) is 27.2 Å². The molecule has 3 atom stereocenters. The minimum Gasteiger partial charge on any atom is -0.469 e. The fraction of sp³-hybridized carbons (Fsp3) is 0.750. The van der Waals surface area contributed by atoms with Gasteiger partial charge in [-0.1, -0.05) is 32.9 Å². The van der Waals surface area contributed by atoms with Crippen LogP contribution in [-0.2, 0) is 9.53 Å². The van der Waals surface area contributed by atoms with Crippen LogP contribution in [0.25, 0.3) is 0 Å². The van der Waals surface area contributed by atoms with E-state index in [0.29, 0.717) is 5.92 Å². The van der Waals surface area contributed by atoms with Gasteiger partial charge in [0.1, 0.15) is 0 Å². The summed E-state index contributed by atoms with van der Waals surface area (Å²) in [5.74, 6) is 0.640. The van der Waals surface area contributed by atoms with E-state index in [1.165, 1.54) is 7.11 Å². The van der Waals surface area contributed by atoms with E-state index in [1.807, 2.05) is 0 Å². The molecular weight excluding hydrogens is 176 g/mol. The van der Waals surface area contributed by atoms with E-state index in [1.54, 1.807) is 0 Å². The molecule has 14 heavy (non-hydrogen) atoms. The zero-order chi connectivity index (χ0) is 10.6. The lowest BCUT2D eigenvalue weighted by molar-refractivity contribution is -0.162. The monoisotopic (exact) mass is 194 g/mol. The van der Waals surface area contributed by atoms with Gasteiger partial charge in [-0.3, -0.25) is 4.79 Å². The van der Waals surface area contributed by atoms with Crippen LogP contribution in [0, 0.1) is 22.7 Å². The molecule has 0 aromatic rings. The topological polar surface area (TPSA) is 26.3 Å². The van der Waals surface area contributed by atoms with Crippen LogP contribution in [0.3, 0.4) is 0 Å². The molecule has 2 aliphatic carbocycles. The van der Waals surface area contributed by atoms with Crippen LogP contribution in [-0.4, -0.2) is 13.1 Å². The SMILES string of the molecule is COC(=O)[C@@H]1C[C@@H]2C(C)(C)C=C[C@@]21C. The summed E-state index contributed by atoms with van der Waals surface area (Å²) < 4.78 is 4.82. The summed E-state index contributed by atoms with van der Waals surface area (Å²) >= 11 is 0. The van der Waals surface area contributed by atoms with Crippen molar-refractivity contribution in [2.24, 2.45) is 22.7 Å². The van der Waals surface area contributed by atoms with Crippen molar-refractivity contribution in [3.63, 3.8) is 0 Å². The molecule has 2 rings (SSSR count). The van der Waals surface area contributed by atoms with Crippen molar-refractivity contribution in [3.8, 4) is 0 Å². The average Bonchev–Trinajstić information content (AvgIpc) is 2.26. The number of hydrogen-bond donors (Lipinski definition) is 0. The van der Waals surface area contributed by atoms with Gasteiger partial charge in [-0.05, 0) is 17.8 Å². The maximum atomic E-state index is 11.5. The average molecular weight is 194 g/mol. The molecule has 0 spiro atoms. The van der Waals surface area contributed by atoms with Gasteiger partial charge in [0.15, 0.2) is 0 Å². The van der Waals surface area contributed by atoms with Crippen LogP contribution in [0.1, 0.15) is 27.2 Å². The summed E-state index contributed by atoms with van der Waals surface area (Å²) in [6.07, 6.45) is 5.44. The molecule has 0 aromatic heterocycles.